The molecule has 1 aromatic heterocycles. The van der Waals surface area contributed by atoms with Gasteiger partial charge in [0.15, 0.2) is 0 Å². The summed E-state index contributed by atoms with van der Waals surface area (Å²) in [6, 6.07) is 9.97. The number of nitrogens with zero attached hydrogens (tertiary/aromatic N) is 2. The predicted octanol–water partition coefficient (Wildman–Crippen LogP) is 2.88. The molecule has 2 aromatic rings. The SMILES string of the molecule is CSCC[C@H](NC(=O)N1CC2CC(C1)c1cccc(=O)n1C2)C(=O)Nc1cccc(F)c1. The minimum Gasteiger partial charge on any atom is -0.326 e. The van der Waals surface area contributed by atoms with E-state index in [0.29, 0.717) is 37.5 Å². The number of nitrogens with one attached hydrogen (secondary N) is 2. The van der Waals surface area contributed by atoms with Crippen LogP contribution in [0.1, 0.15) is 24.5 Å². The second-order valence-electron chi connectivity index (χ2n) is 8.39. The highest BCUT2D eigenvalue weighted by Crippen LogP contribution is 2.34. The van der Waals surface area contributed by atoms with Gasteiger partial charge >= 0.3 is 6.03 Å². The maximum atomic E-state index is 13.5. The third-order valence-corrected chi connectivity index (χ3v) is 6.73. The van der Waals surface area contributed by atoms with Crippen LogP contribution in [0.3, 0.4) is 0 Å². The topological polar surface area (TPSA) is 83.4 Å². The van der Waals surface area contributed by atoms with Crippen LogP contribution < -0.4 is 16.2 Å². The molecule has 3 heterocycles. The molecule has 32 heavy (non-hydrogen) atoms. The van der Waals surface area contributed by atoms with Crippen LogP contribution in [0, 0.1) is 11.7 Å². The molecule has 0 radical (unpaired) electrons. The Bertz CT molecular complexity index is 1060. The molecular weight excluding hydrogens is 431 g/mol. The zero-order valence-corrected chi connectivity index (χ0v) is 18.7. The standard InChI is InChI=1S/C23H27FN4O3S/c1-32-9-8-19(22(30)25-18-5-2-4-17(24)11-18)26-23(31)27-12-15-10-16(14-27)20-6-3-7-21(29)28(20)13-15/h2-7,11,15-16,19H,8-10,12-14H2,1H3,(H,25,30)(H,26,31)/t15?,16?,19-/m0/s1. The Morgan fingerprint density at radius 2 is 2.00 bits per heavy atom. The Kier molecular flexibility index (Phi) is 6.83. The number of hydrogen-bond acceptors (Lipinski definition) is 4. The Labute approximate surface area is 190 Å². The van der Waals surface area contributed by atoms with Gasteiger partial charge in [-0.3, -0.25) is 9.59 Å². The van der Waals surface area contributed by atoms with Gasteiger partial charge in [0.2, 0.25) is 5.91 Å². The molecule has 3 amide bonds. The van der Waals surface area contributed by atoms with Crippen LogP contribution in [0.4, 0.5) is 14.9 Å². The van der Waals surface area contributed by atoms with Crippen molar-refractivity contribution < 1.29 is 14.0 Å². The molecule has 2 aliphatic heterocycles. The number of pyridine rings is 1. The van der Waals surface area contributed by atoms with Crippen molar-refractivity contribution in [2.45, 2.75) is 31.3 Å². The lowest BCUT2D eigenvalue weighted by Crippen LogP contribution is -2.55. The third-order valence-electron chi connectivity index (χ3n) is 6.08. The van der Waals surface area contributed by atoms with E-state index >= 15 is 0 Å². The summed E-state index contributed by atoms with van der Waals surface area (Å²) < 4.78 is 15.3. The average Bonchev–Trinajstić information content (AvgIpc) is 2.77. The maximum Gasteiger partial charge on any atom is 0.318 e. The first-order valence-corrected chi connectivity index (χ1v) is 12.1. The Morgan fingerprint density at radius 1 is 1.19 bits per heavy atom. The van der Waals surface area contributed by atoms with Crippen molar-refractivity contribution in [1.29, 1.82) is 0 Å². The quantitative estimate of drug-likeness (QED) is 0.697. The Hall–Kier alpha value is -2.81. The summed E-state index contributed by atoms with van der Waals surface area (Å²) in [6.45, 7) is 1.65. The van der Waals surface area contributed by atoms with Crippen molar-refractivity contribution in [1.82, 2.24) is 14.8 Å². The lowest BCUT2D eigenvalue weighted by atomic mass is 9.83. The predicted molar refractivity (Wildman–Crippen MR) is 123 cm³/mol. The molecule has 1 fully saturated rings. The molecule has 2 aliphatic rings. The number of carbonyl (C=O) groups excluding carboxylic acids is 2. The molecule has 7 nitrogen and oxygen atoms in total. The van der Waals surface area contributed by atoms with Crippen LogP contribution >= 0.6 is 11.8 Å². The number of carbonyl (C=O) groups is 2. The van der Waals surface area contributed by atoms with Gasteiger partial charge in [-0.25, -0.2) is 9.18 Å². The number of rotatable bonds is 6. The number of aromatic nitrogens is 1. The van der Waals surface area contributed by atoms with Crippen molar-refractivity contribution in [3.05, 3.63) is 64.3 Å². The summed E-state index contributed by atoms with van der Waals surface area (Å²) in [6.07, 6.45) is 3.35. The monoisotopic (exact) mass is 458 g/mol. The van der Waals surface area contributed by atoms with Crippen LogP contribution in [0.15, 0.2) is 47.3 Å². The van der Waals surface area contributed by atoms with Crippen LogP contribution in [0.25, 0.3) is 0 Å². The summed E-state index contributed by atoms with van der Waals surface area (Å²) in [4.78, 5) is 39.9. The fraction of sp³-hybridized carbons (Fsp3) is 0.435. The molecular formula is C23H27FN4O3S. The van der Waals surface area contributed by atoms with Crippen LogP contribution in [-0.2, 0) is 11.3 Å². The van der Waals surface area contributed by atoms with Crippen LogP contribution in [-0.4, -0.2) is 52.5 Å². The molecule has 0 aliphatic carbocycles. The fourth-order valence-electron chi connectivity index (χ4n) is 4.60. The molecule has 3 atom stereocenters. The second kappa shape index (κ2) is 9.77. The highest BCUT2D eigenvalue weighted by Gasteiger charge is 2.37. The zero-order chi connectivity index (χ0) is 22.7. The van der Waals surface area contributed by atoms with E-state index in [1.165, 1.54) is 18.2 Å². The first-order valence-electron chi connectivity index (χ1n) is 10.7. The normalized spacial score (nSPS) is 20.2. The fourth-order valence-corrected chi connectivity index (χ4v) is 5.07. The number of anilines is 1. The van der Waals surface area contributed by atoms with Gasteiger partial charge < -0.3 is 20.1 Å². The van der Waals surface area contributed by atoms with E-state index in [9.17, 15) is 18.8 Å². The van der Waals surface area contributed by atoms with E-state index in [1.807, 2.05) is 16.9 Å². The molecule has 0 spiro atoms. The van der Waals surface area contributed by atoms with Gasteiger partial charge in [0.1, 0.15) is 11.9 Å². The van der Waals surface area contributed by atoms with E-state index in [0.717, 1.165) is 12.1 Å². The van der Waals surface area contributed by atoms with Gasteiger partial charge in [-0.1, -0.05) is 12.1 Å². The van der Waals surface area contributed by atoms with Crippen LogP contribution in [0.2, 0.25) is 0 Å². The molecule has 0 saturated carbocycles. The molecule has 1 aromatic carbocycles. The number of fused-ring (bicyclic) bond motifs is 4. The van der Waals surface area contributed by atoms with E-state index in [4.69, 9.17) is 0 Å². The first kappa shape index (κ1) is 22.4. The highest BCUT2D eigenvalue weighted by atomic mass is 32.2. The van der Waals surface area contributed by atoms with Crippen molar-refractivity contribution in [3.8, 4) is 0 Å². The number of hydrogen-bond donors (Lipinski definition) is 2. The summed E-state index contributed by atoms with van der Waals surface area (Å²) >= 11 is 1.59. The van der Waals surface area contributed by atoms with Gasteiger partial charge in [-0.05, 0) is 55.0 Å². The molecule has 2 unspecified atom stereocenters. The number of likely N-dealkylation sites (tertiary alicyclic amines) is 1. The number of piperidine rings is 1. The molecule has 4 rings (SSSR count). The first-order chi connectivity index (χ1) is 15.4. The Morgan fingerprint density at radius 3 is 2.78 bits per heavy atom. The van der Waals surface area contributed by atoms with Crippen LogP contribution in [0.5, 0.6) is 0 Å². The van der Waals surface area contributed by atoms with Gasteiger partial charge in [-0.2, -0.15) is 11.8 Å². The van der Waals surface area contributed by atoms with Crippen molar-refractivity contribution in [3.63, 3.8) is 0 Å². The zero-order valence-electron chi connectivity index (χ0n) is 17.9. The highest BCUT2D eigenvalue weighted by molar-refractivity contribution is 7.98. The van der Waals surface area contributed by atoms with E-state index in [-0.39, 0.29) is 29.3 Å². The van der Waals surface area contributed by atoms with Gasteiger partial charge in [-0.15, -0.1) is 0 Å². The number of thioether (sulfide) groups is 1. The van der Waals surface area contributed by atoms with Crippen molar-refractivity contribution in [2.75, 3.05) is 30.4 Å². The summed E-state index contributed by atoms with van der Waals surface area (Å²) in [7, 11) is 0. The average molecular weight is 459 g/mol. The summed E-state index contributed by atoms with van der Waals surface area (Å²) in [5.74, 6) is 0.202. The smallest absolute Gasteiger partial charge is 0.318 e. The third kappa shape index (κ3) is 4.98. The van der Waals surface area contributed by atoms with E-state index in [1.54, 1.807) is 34.9 Å². The minimum absolute atomic E-state index is 0.00116. The number of amides is 3. The van der Waals surface area contributed by atoms with Crippen molar-refractivity contribution >= 4 is 29.4 Å². The minimum atomic E-state index is -0.727. The number of halogens is 1. The number of urea groups is 1. The molecule has 9 heteroatoms. The summed E-state index contributed by atoms with van der Waals surface area (Å²) in [5.41, 5.74) is 1.32. The van der Waals surface area contributed by atoms with Gasteiger partial charge in [0.25, 0.3) is 5.56 Å². The van der Waals surface area contributed by atoms with Gasteiger partial charge in [0.05, 0.1) is 0 Å². The Balaban J connectivity index is 1.44. The van der Waals surface area contributed by atoms with Crippen molar-refractivity contribution in [2.24, 2.45) is 5.92 Å². The van der Waals surface area contributed by atoms with E-state index < -0.39 is 11.9 Å². The second-order valence-corrected chi connectivity index (χ2v) is 9.37. The largest absolute Gasteiger partial charge is 0.326 e. The molecule has 170 valence electrons. The summed E-state index contributed by atoms with van der Waals surface area (Å²) in [5, 5.41) is 5.58. The number of benzene rings is 1. The lowest BCUT2D eigenvalue weighted by Gasteiger charge is -2.43. The maximum absolute atomic E-state index is 13.5. The lowest BCUT2D eigenvalue weighted by molar-refractivity contribution is -0.118. The van der Waals surface area contributed by atoms with Gasteiger partial charge in [0, 0.05) is 43.0 Å². The molecule has 1 saturated heterocycles. The van der Waals surface area contributed by atoms with E-state index in [2.05, 4.69) is 10.6 Å². The molecule has 2 N–H and O–H groups in total. The molecule has 2 bridgehead atoms.